The Morgan fingerprint density at radius 2 is 2.12 bits per heavy atom. The number of fused-ring (bicyclic) bond motifs is 1. The van der Waals surface area contributed by atoms with Gasteiger partial charge >= 0.3 is 0 Å². The van der Waals surface area contributed by atoms with Gasteiger partial charge in [-0.15, -0.1) is 0 Å². The predicted octanol–water partition coefficient (Wildman–Crippen LogP) is 2.40. The quantitative estimate of drug-likeness (QED) is 0.848. The number of hydrogen-bond acceptors (Lipinski definition) is 2. The van der Waals surface area contributed by atoms with Crippen molar-refractivity contribution in [3.63, 3.8) is 0 Å². The molecule has 92 valence electrons. The molecule has 0 atom stereocenters. The molecule has 0 aliphatic rings. The molecule has 3 heteroatoms. The minimum absolute atomic E-state index is 0.479. The Hall–Kier alpha value is -1.32. The van der Waals surface area contributed by atoms with E-state index in [0.29, 0.717) is 12.6 Å². The zero-order valence-electron chi connectivity index (χ0n) is 10.8. The molecule has 0 saturated heterocycles. The van der Waals surface area contributed by atoms with Crippen molar-refractivity contribution in [2.45, 2.75) is 33.0 Å². The van der Waals surface area contributed by atoms with Crippen molar-refractivity contribution in [3.8, 4) is 0 Å². The van der Waals surface area contributed by atoms with E-state index in [1.807, 2.05) is 7.05 Å². The van der Waals surface area contributed by atoms with E-state index in [1.54, 1.807) is 0 Å². The summed E-state index contributed by atoms with van der Waals surface area (Å²) in [6.45, 7) is 5.91. The maximum Gasteiger partial charge on any atom is 0.0486 e. The van der Waals surface area contributed by atoms with Gasteiger partial charge in [0.05, 0.1) is 0 Å². The minimum Gasteiger partial charge on any atom is -0.345 e. The van der Waals surface area contributed by atoms with Crippen LogP contribution in [0.15, 0.2) is 24.4 Å². The summed E-state index contributed by atoms with van der Waals surface area (Å²) in [6, 6.07) is 6.98. The molecule has 0 aliphatic carbocycles. The summed E-state index contributed by atoms with van der Waals surface area (Å²) in [7, 11) is 1.98. The molecule has 0 bridgehead atoms. The fourth-order valence-electron chi connectivity index (χ4n) is 2.26. The van der Waals surface area contributed by atoms with Crippen molar-refractivity contribution < 1.29 is 0 Å². The first-order valence-electron chi connectivity index (χ1n) is 6.14. The molecular weight excluding hydrogens is 210 g/mol. The number of benzene rings is 1. The van der Waals surface area contributed by atoms with Crippen LogP contribution in [0.2, 0.25) is 0 Å². The van der Waals surface area contributed by atoms with Gasteiger partial charge in [0.25, 0.3) is 0 Å². The van der Waals surface area contributed by atoms with E-state index in [4.69, 9.17) is 5.73 Å². The van der Waals surface area contributed by atoms with Gasteiger partial charge in [0.1, 0.15) is 0 Å². The molecule has 1 aromatic heterocycles. The van der Waals surface area contributed by atoms with Crippen LogP contribution in [-0.2, 0) is 13.1 Å². The first kappa shape index (κ1) is 12.1. The van der Waals surface area contributed by atoms with Gasteiger partial charge in [-0.1, -0.05) is 6.07 Å². The van der Waals surface area contributed by atoms with Gasteiger partial charge in [-0.3, -0.25) is 0 Å². The highest BCUT2D eigenvalue weighted by Crippen LogP contribution is 2.25. The number of nitrogens with one attached hydrogen (secondary N) is 1. The summed E-state index contributed by atoms with van der Waals surface area (Å²) in [6.07, 6.45) is 2.24. The van der Waals surface area contributed by atoms with Crippen molar-refractivity contribution >= 4 is 10.9 Å². The lowest BCUT2D eigenvalue weighted by atomic mass is 10.1. The molecule has 0 spiro atoms. The standard InChI is InChI=1S/C14H21N3/c1-10(2)17-9-12(8-16-3)13-6-11(7-15)4-5-14(13)17/h4-6,9-10,16H,7-8,15H2,1-3H3. The Bertz CT molecular complexity index is 511. The van der Waals surface area contributed by atoms with E-state index in [1.165, 1.54) is 22.0 Å². The highest BCUT2D eigenvalue weighted by molar-refractivity contribution is 5.84. The molecule has 2 aromatic rings. The zero-order chi connectivity index (χ0) is 12.4. The molecule has 2 rings (SSSR count). The summed E-state index contributed by atoms with van der Waals surface area (Å²) in [5, 5.41) is 4.54. The Morgan fingerprint density at radius 1 is 1.35 bits per heavy atom. The van der Waals surface area contributed by atoms with E-state index in [2.05, 4.69) is 48.1 Å². The van der Waals surface area contributed by atoms with Crippen LogP contribution in [0, 0.1) is 0 Å². The van der Waals surface area contributed by atoms with Gasteiger partial charge in [0.15, 0.2) is 0 Å². The zero-order valence-corrected chi connectivity index (χ0v) is 10.8. The Kier molecular flexibility index (Phi) is 3.50. The lowest BCUT2D eigenvalue weighted by Crippen LogP contribution is -2.04. The first-order chi connectivity index (χ1) is 8.17. The van der Waals surface area contributed by atoms with Crippen LogP contribution in [0.1, 0.15) is 31.0 Å². The number of aromatic nitrogens is 1. The van der Waals surface area contributed by atoms with E-state index >= 15 is 0 Å². The molecular formula is C14H21N3. The fraction of sp³-hybridized carbons (Fsp3) is 0.429. The van der Waals surface area contributed by atoms with Gasteiger partial charge in [-0.05, 0) is 44.2 Å². The molecule has 0 amide bonds. The Balaban J connectivity index is 2.63. The maximum atomic E-state index is 5.71. The minimum atomic E-state index is 0.479. The lowest BCUT2D eigenvalue weighted by Gasteiger charge is -2.09. The monoisotopic (exact) mass is 231 g/mol. The number of nitrogens with two attached hydrogens (primary N) is 1. The molecule has 1 aromatic carbocycles. The molecule has 17 heavy (non-hydrogen) atoms. The van der Waals surface area contributed by atoms with Crippen LogP contribution in [0.5, 0.6) is 0 Å². The fourth-order valence-corrected chi connectivity index (χ4v) is 2.26. The predicted molar refractivity (Wildman–Crippen MR) is 73.0 cm³/mol. The second kappa shape index (κ2) is 4.90. The van der Waals surface area contributed by atoms with E-state index in [-0.39, 0.29) is 0 Å². The van der Waals surface area contributed by atoms with Gasteiger partial charge in [-0.2, -0.15) is 0 Å². The Morgan fingerprint density at radius 3 is 2.71 bits per heavy atom. The molecule has 3 N–H and O–H groups in total. The summed E-state index contributed by atoms with van der Waals surface area (Å²) in [4.78, 5) is 0. The van der Waals surface area contributed by atoms with Crippen LogP contribution in [0.25, 0.3) is 10.9 Å². The van der Waals surface area contributed by atoms with Crippen molar-refractivity contribution in [1.29, 1.82) is 0 Å². The van der Waals surface area contributed by atoms with Gasteiger partial charge in [-0.25, -0.2) is 0 Å². The Labute approximate surface area is 103 Å². The van der Waals surface area contributed by atoms with Crippen LogP contribution >= 0.6 is 0 Å². The highest BCUT2D eigenvalue weighted by Gasteiger charge is 2.10. The van der Waals surface area contributed by atoms with Gasteiger partial charge in [0.2, 0.25) is 0 Å². The average Bonchev–Trinajstić information content (AvgIpc) is 2.68. The first-order valence-corrected chi connectivity index (χ1v) is 6.14. The summed E-state index contributed by atoms with van der Waals surface area (Å²) < 4.78 is 2.32. The van der Waals surface area contributed by atoms with E-state index < -0.39 is 0 Å². The van der Waals surface area contributed by atoms with Crippen molar-refractivity contribution in [3.05, 3.63) is 35.5 Å². The van der Waals surface area contributed by atoms with Crippen molar-refractivity contribution in [2.75, 3.05) is 7.05 Å². The third-order valence-corrected chi connectivity index (χ3v) is 3.14. The average molecular weight is 231 g/mol. The smallest absolute Gasteiger partial charge is 0.0486 e. The summed E-state index contributed by atoms with van der Waals surface area (Å²) in [5.41, 5.74) is 9.53. The van der Waals surface area contributed by atoms with E-state index in [9.17, 15) is 0 Å². The number of rotatable bonds is 4. The molecule has 3 nitrogen and oxygen atoms in total. The van der Waals surface area contributed by atoms with Crippen molar-refractivity contribution in [2.24, 2.45) is 5.73 Å². The third-order valence-electron chi connectivity index (χ3n) is 3.14. The van der Waals surface area contributed by atoms with Gasteiger partial charge in [0, 0.05) is 36.2 Å². The molecule has 0 radical (unpaired) electrons. The topological polar surface area (TPSA) is 43.0 Å². The van der Waals surface area contributed by atoms with Crippen LogP contribution in [-0.4, -0.2) is 11.6 Å². The normalized spacial score (nSPS) is 11.6. The van der Waals surface area contributed by atoms with Gasteiger partial charge < -0.3 is 15.6 Å². The van der Waals surface area contributed by atoms with Crippen LogP contribution < -0.4 is 11.1 Å². The second-order valence-electron chi connectivity index (χ2n) is 4.74. The molecule has 0 saturated carbocycles. The molecule has 0 aliphatic heterocycles. The molecule has 1 heterocycles. The maximum absolute atomic E-state index is 5.71. The summed E-state index contributed by atoms with van der Waals surface area (Å²) >= 11 is 0. The number of nitrogens with zero attached hydrogens (tertiary/aromatic N) is 1. The highest BCUT2D eigenvalue weighted by atomic mass is 15.0. The lowest BCUT2D eigenvalue weighted by molar-refractivity contribution is 0.619. The SMILES string of the molecule is CNCc1cn(C(C)C)c2ccc(CN)cc12. The molecule has 0 fully saturated rings. The summed E-state index contributed by atoms with van der Waals surface area (Å²) in [5.74, 6) is 0. The van der Waals surface area contributed by atoms with E-state index in [0.717, 1.165) is 6.54 Å². The largest absolute Gasteiger partial charge is 0.345 e. The molecule has 0 unspecified atom stereocenters. The van der Waals surface area contributed by atoms with Crippen LogP contribution in [0.4, 0.5) is 0 Å². The van der Waals surface area contributed by atoms with Crippen molar-refractivity contribution in [1.82, 2.24) is 9.88 Å². The second-order valence-corrected chi connectivity index (χ2v) is 4.74. The number of hydrogen-bond donors (Lipinski definition) is 2. The third kappa shape index (κ3) is 2.21. The van der Waals surface area contributed by atoms with Crippen LogP contribution in [0.3, 0.4) is 0 Å².